The van der Waals surface area contributed by atoms with E-state index in [0.29, 0.717) is 11.3 Å². The predicted octanol–water partition coefficient (Wildman–Crippen LogP) is 5.97. The van der Waals surface area contributed by atoms with Crippen LogP contribution in [0.4, 0.5) is 11.4 Å². The highest BCUT2D eigenvalue weighted by atomic mass is 16.2. The van der Waals surface area contributed by atoms with E-state index in [9.17, 15) is 4.79 Å². The molecule has 0 saturated heterocycles. The predicted molar refractivity (Wildman–Crippen MR) is 125 cm³/mol. The standard InChI is InChI=1S/C27H30N2O/c1-5-19-11-13-20(14-12-19)25(30)29-24-17-22(28)15-16-23(24)27(4,18-26(29,2)3)21-9-7-6-8-10-21/h6-17H,5,18,28H2,1-4H3/t27-/m1/s1. The third-order valence-electron chi connectivity index (χ3n) is 6.47. The largest absolute Gasteiger partial charge is 0.399 e. The molecule has 1 amide bonds. The maximum absolute atomic E-state index is 13.7. The van der Waals surface area contributed by atoms with E-state index >= 15 is 0 Å². The van der Waals surface area contributed by atoms with Crippen LogP contribution in [0.1, 0.15) is 61.2 Å². The zero-order valence-corrected chi connectivity index (χ0v) is 18.3. The molecule has 0 spiro atoms. The van der Waals surface area contributed by atoms with Crippen molar-refractivity contribution >= 4 is 17.3 Å². The van der Waals surface area contributed by atoms with Gasteiger partial charge in [0.15, 0.2) is 0 Å². The smallest absolute Gasteiger partial charge is 0.258 e. The average Bonchev–Trinajstić information content (AvgIpc) is 2.73. The third kappa shape index (κ3) is 3.28. The van der Waals surface area contributed by atoms with Gasteiger partial charge in [0, 0.05) is 22.2 Å². The molecule has 1 atom stereocenters. The van der Waals surface area contributed by atoms with Crippen LogP contribution in [-0.2, 0) is 11.8 Å². The van der Waals surface area contributed by atoms with Crippen molar-refractivity contribution in [3.63, 3.8) is 0 Å². The van der Waals surface area contributed by atoms with Gasteiger partial charge in [-0.1, -0.05) is 62.4 Å². The normalized spacial score (nSPS) is 19.9. The van der Waals surface area contributed by atoms with Crippen LogP contribution in [0.3, 0.4) is 0 Å². The van der Waals surface area contributed by atoms with Crippen LogP contribution in [0.2, 0.25) is 0 Å². The minimum absolute atomic E-state index is 0.0182. The molecule has 154 valence electrons. The number of benzene rings is 3. The molecular weight excluding hydrogens is 368 g/mol. The van der Waals surface area contributed by atoms with Crippen molar-refractivity contribution in [2.45, 2.75) is 51.5 Å². The molecule has 3 heteroatoms. The number of aryl methyl sites for hydroxylation is 1. The summed E-state index contributed by atoms with van der Waals surface area (Å²) in [5.41, 5.74) is 11.5. The molecule has 0 bridgehead atoms. The lowest BCUT2D eigenvalue weighted by molar-refractivity contribution is 0.0949. The molecule has 0 saturated carbocycles. The van der Waals surface area contributed by atoms with Gasteiger partial charge < -0.3 is 10.6 Å². The molecule has 3 aromatic carbocycles. The number of anilines is 2. The molecular formula is C27H30N2O. The Morgan fingerprint density at radius 3 is 2.27 bits per heavy atom. The van der Waals surface area contributed by atoms with Crippen LogP contribution in [0.15, 0.2) is 72.8 Å². The average molecular weight is 399 g/mol. The number of carbonyl (C=O) groups is 1. The van der Waals surface area contributed by atoms with E-state index in [0.717, 1.165) is 24.1 Å². The summed E-state index contributed by atoms with van der Waals surface area (Å²) in [6.45, 7) is 8.70. The summed E-state index contributed by atoms with van der Waals surface area (Å²) in [6.07, 6.45) is 1.78. The maximum atomic E-state index is 13.7. The SMILES string of the molecule is CCc1ccc(C(=O)N2c3cc(N)ccc3[C@@](C)(c3ccccc3)CC2(C)C)cc1. The topological polar surface area (TPSA) is 46.3 Å². The minimum atomic E-state index is -0.383. The molecule has 0 fully saturated rings. The van der Waals surface area contributed by atoms with Crippen LogP contribution < -0.4 is 10.6 Å². The summed E-state index contributed by atoms with van der Waals surface area (Å²) in [5, 5.41) is 0. The lowest BCUT2D eigenvalue weighted by Crippen LogP contribution is -2.55. The summed E-state index contributed by atoms with van der Waals surface area (Å²) in [6, 6.07) is 24.5. The van der Waals surface area contributed by atoms with Gasteiger partial charge >= 0.3 is 0 Å². The fraction of sp³-hybridized carbons (Fsp3) is 0.296. The van der Waals surface area contributed by atoms with Crippen molar-refractivity contribution in [3.05, 3.63) is 95.1 Å². The zero-order valence-electron chi connectivity index (χ0n) is 18.3. The van der Waals surface area contributed by atoms with E-state index in [4.69, 9.17) is 5.73 Å². The zero-order chi connectivity index (χ0) is 21.5. The quantitative estimate of drug-likeness (QED) is 0.553. The lowest BCUT2D eigenvalue weighted by Gasteiger charge is -2.51. The molecule has 2 N–H and O–H groups in total. The second-order valence-corrected chi connectivity index (χ2v) is 9.15. The van der Waals surface area contributed by atoms with Crippen molar-refractivity contribution < 1.29 is 4.79 Å². The van der Waals surface area contributed by atoms with Crippen LogP contribution in [-0.4, -0.2) is 11.4 Å². The van der Waals surface area contributed by atoms with E-state index in [1.165, 1.54) is 11.1 Å². The van der Waals surface area contributed by atoms with Crippen molar-refractivity contribution in [1.29, 1.82) is 0 Å². The molecule has 1 aliphatic heterocycles. The molecule has 3 nitrogen and oxygen atoms in total. The van der Waals surface area contributed by atoms with Gasteiger partial charge in [-0.25, -0.2) is 0 Å². The minimum Gasteiger partial charge on any atom is -0.399 e. The highest BCUT2D eigenvalue weighted by molar-refractivity contribution is 6.08. The van der Waals surface area contributed by atoms with Crippen LogP contribution >= 0.6 is 0 Å². The summed E-state index contributed by atoms with van der Waals surface area (Å²) >= 11 is 0. The molecule has 3 aromatic rings. The first-order valence-electron chi connectivity index (χ1n) is 10.7. The lowest BCUT2D eigenvalue weighted by atomic mass is 9.65. The van der Waals surface area contributed by atoms with Crippen molar-refractivity contribution in [3.8, 4) is 0 Å². The molecule has 1 aliphatic rings. The molecule has 0 aliphatic carbocycles. The van der Waals surface area contributed by atoms with Crippen molar-refractivity contribution in [2.24, 2.45) is 0 Å². The van der Waals surface area contributed by atoms with Crippen LogP contribution in [0.5, 0.6) is 0 Å². The Bertz CT molecular complexity index is 1070. The molecule has 0 unspecified atom stereocenters. The Kier molecular flexibility index (Phi) is 4.93. The summed E-state index contributed by atoms with van der Waals surface area (Å²) in [5.74, 6) is 0.0182. The van der Waals surface area contributed by atoms with E-state index in [2.05, 4.69) is 58.0 Å². The van der Waals surface area contributed by atoms with Gasteiger partial charge in [-0.3, -0.25) is 4.79 Å². The highest BCUT2D eigenvalue weighted by Crippen LogP contribution is 2.51. The van der Waals surface area contributed by atoms with Crippen LogP contribution in [0.25, 0.3) is 0 Å². The molecule has 4 rings (SSSR count). The molecule has 30 heavy (non-hydrogen) atoms. The second kappa shape index (κ2) is 7.32. The van der Waals surface area contributed by atoms with Crippen molar-refractivity contribution in [1.82, 2.24) is 0 Å². The van der Waals surface area contributed by atoms with E-state index in [1.54, 1.807) is 0 Å². The summed E-state index contributed by atoms with van der Waals surface area (Å²) in [7, 11) is 0. The van der Waals surface area contributed by atoms with Gasteiger partial charge in [0.05, 0.1) is 5.69 Å². The maximum Gasteiger partial charge on any atom is 0.258 e. The Morgan fingerprint density at radius 1 is 0.967 bits per heavy atom. The highest BCUT2D eigenvalue weighted by Gasteiger charge is 2.47. The monoisotopic (exact) mass is 398 g/mol. The first-order valence-corrected chi connectivity index (χ1v) is 10.7. The van der Waals surface area contributed by atoms with E-state index in [-0.39, 0.29) is 16.9 Å². The van der Waals surface area contributed by atoms with Gasteiger partial charge in [0.25, 0.3) is 5.91 Å². The van der Waals surface area contributed by atoms with Gasteiger partial charge in [-0.15, -0.1) is 0 Å². The van der Waals surface area contributed by atoms with Crippen LogP contribution in [0, 0.1) is 0 Å². The number of amides is 1. The Hall–Kier alpha value is -3.07. The number of fused-ring (bicyclic) bond motifs is 1. The van der Waals surface area contributed by atoms with Crippen molar-refractivity contribution in [2.75, 3.05) is 10.6 Å². The summed E-state index contributed by atoms with van der Waals surface area (Å²) in [4.78, 5) is 15.7. The van der Waals surface area contributed by atoms with Gasteiger partial charge in [0.2, 0.25) is 0 Å². The number of nitrogens with two attached hydrogens (primary N) is 1. The number of nitrogens with zero attached hydrogens (tertiary/aromatic N) is 1. The number of nitrogen functional groups attached to an aromatic ring is 1. The first-order chi connectivity index (χ1) is 14.3. The van der Waals surface area contributed by atoms with E-state index in [1.807, 2.05) is 47.4 Å². The Morgan fingerprint density at radius 2 is 1.63 bits per heavy atom. The number of rotatable bonds is 3. The molecule has 1 heterocycles. The Labute approximate surface area is 179 Å². The number of carbonyl (C=O) groups excluding carboxylic acids is 1. The molecule has 0 aromatic heterocycles. The third-order valence-corrected chi connectivity index (χ3v) is 6.47. The Balaban J connectivity index is 1.88. The van der Waals surface area contributed by atoms with Gasteiger partial charge in [0.1, 0.15) is 0 Å². The number of hydrogen-bond acceptors (Lipinski definition) is 2. The van der Waals surface area contributed by atoms with Gasteiger partial charge in [-0.2, -0.15) is 0 Å². The van der Waals surface area contributed by atoms with Gasteiger partial charge in [-0.05, 0) is 67.6 Å². The second-order valence-electron chi connectivity index (χ2n) is 9.15. The van der Waals surface area contributed by atoms with E-state index < -0.39 is 0 Å². The fourth-order valence-electron chi connectivity index (χ4n) is 5.03. The molecule has 0 radical (unpaired) electrons. The number of hydrogen-bond donors (Lipinski definition) is 1. The summed E-state index contributed by atoms with van der Waals surface area (Å²) < 4.78 is 0. The first kappa shape index (κ1) is 20.2. The fourth-order valence-corrected chi connectivity index (χ4v) is 5.03.